The molecule has 9 heteroatoms. The molecule has 4 rings (SSSR count). The number of hydrogen-bond acceptors (Lipinski definition) is 5. The van der Waals surface area contributed by atoms with Crippen molar-refractivity contribution in [3.05, 3.63) is 84.9 Å². The Balaban J connectivity index is 1.82. The number of nitrogens with zero attached hydrogens (tertiary/aromatic N) is 4. The molecule has 0 radical (unpaired) electrons. The summed E-state index contributed by atoms with van der Waals surface area (Å²) in [6, 6.07) is 14.7. The molecule has 1 N–H and O–H groups in total. The monoisotopic (exact) mass is 495 g/mol. The summed E-state index contributed by atoms with van der Waals surface area (Å²) in [5.41, 5.74) is 10.00. The second-order valence-electron chi connectivity index (χ2n) is 9.09. The number of aromatic amines is 1. The van der Waals surface area contributed by atoms with E-state index in [2.05, 4.69) is 65.3 Å². The summed E-state index contributed by atoms with van der Waals surface area (Å²) < 4.78 is 0.732. The topological polar surface area (TPSA) is 104 Å². The molecule has 0 saturated heterocycles. The van der Waals surface area contributed by atoms with Gasteiger partial charge >= 0.3 is 5.69 Å². The van der Waals surface area contributed by atoms with Crippen molar-refractivity contribution >= 4 is 34.3 Å². The fraction of sp³-hybridized carbons (Fsp3) is 0.440. The number of thioether (sulfide) groups is 2. The molecule has 1 aliphatic rings. The molecule has 0 saturated carbocycles. The third-order valence-electron chi connectivity index (χ3n) is 6.30. The lowest BCUT2D eigenvalue weighted by molar-refractivity contribution is 0.443. The van der Waals surface area contributed by atoms with Crippen LogP contribution >= 0.6 is 23.5 Å². The third-order valence-corrected chi connectivity index (χ3v) is 9.50. The van der Waals surface area contributed by atoms with Crippen LogP contribution in [0.2, 0.25) is 0 Å². The molecule has 2 atom stereocenters. The summed E-state index contributed by atoms with van der Waals surface area (Å²) in [6.07, 6.45) is 2.33. The van der Waals surface area contributed by atoms with Gasteiger partial charge in [-0.25, -0.2) is 4.79 Å². The highest BCUT2D eigenvalue weighted by molar-refractivity contribution is 8.04. The van der Waals surface area contributed by atoms with Crippen LogP contribution in [0.3, 0.4) is 0 Å². The van der Waals surface area contributed by atoms with E-state index in [0.29, 0.717) is 23.1 Å². The van der Waals surface area contributed by atoms with Crippen molar-refractivity contribution in [1.29, 1.82) is 0 Å². The van der Waals surface area contributed by atoms with Crippen LogP contribution in [0, 0.1) is 5.92 Å². The Morgan fingerprint density at radius 2 is 2.00 bits per heavy atom. The first-order valence-corrected chi connectivity index (χ1v) is 13.4. The molecule has 0 bridgehead atoms. The summed E-state index contributed by atoms with van der Waals surface area (Å²) in [6.45, 7) is 4.78. The maximum absolute atomic E-state index is 13.5. The molecule has 0 amide bonds. The van der Waals surface area contributed by atoms with Gasteiger partial charge in [0.1, 0.15) is 0 Å². The van der Waals surface area contributed by atoms with Crippen LogP contribution in [0.4, 0.5) is 0 Å². The highest BCUT2D eigenvalue weighted by Crippen LogP contribution is 2.57. The maximum Gasteiger partial charge on any atom is 0.328 e. The van der Waals surface area contributed by atoms with E-state index in [1.54, 1.807) is 23.5 Å². The van der Waals surface area contributed by atoms with Gasteiger partial charge in [-0.3, -0.25) is 9.36 Å². The van der Waals surface area contributed by atoms with E-state index < -0.39 is 4.75 Å². The minimum atomic E-state index is -0.458. The predicted octanol–water partition coefficient (Wildman–Crippen LogP) is 5.62. The third kappa shape index (κ3) is 4.65. The van der Waals surface area contributed by atoms with Gasteiger partial charge in [-0.1, -0.05) is 61.4 Å². The number of fused-ring (bicyclic) bond motifs is 2. The van der Waals surface area contributed by atoms with Crippen LogP contribution in [0.5, 0.6) is 0 Å². The van der Waals surface area contributed by atoms with E-state index in [1.807, 2.05) is 6.07 Å². The molecule has 178 valence electrons. The number of azide groups is 1. The van der Waals surface area contributed by atoms with Crippen molar-refractivity contribution in [2.75, 3.05) is 12.3 Å². The van der Waals surface area contributed by atoms with E-state index in [1.165, 1.54) is 28.0 Å². The molecule has 7 nitrogen and oxygen atoms in total. The second kappa shape index (κ2) is 10.3. The van der Waals surface area contributed by atoms with Crippen LogP contribution in [0.1, 0.15) is 37.8 Å². The van der Waals surface area contributed by atoms with Gasteiger partial charge in [0.2, 0.25) is 0 Å². The Kier molecular flexibility index (Phi) is 7.45. The maximum atomic E-state index is 13.5. The van der Waals surface area contributed by atoms with Gasteiger partial charge in [0.15, 0.2) is 0 Å². The molecular formula is C25H29N5O2S2. The average molecular weight is 496 g/mol. The van der Waals surface area contributed by atoms with Crippen LogP contribution in [-0.4, -0.2) is 27.1 Å². The normalized spacial score (nSPS) is 19.4. The van der Waals surface area contributed by atoms with Crippen molar-refractivity contribution in [2.45, 2.75) is 48.1 Å². The lowest BCUT2D eigenvalue weighted by Gasteiger charge is -2.36. The Morgan fingerprint density at radius 1 is 1.24 bits per heavy atom. The molecular weight excluding hydrogens is 466 g/mol. The Morgan fingerprint density at radius 3 is 2.76 bits per heavy atom. The standard InChI is InChI=1S/C25H29N5O2S2/c1-16(2)15-25(33-13-7-12-27-29-26)20(34-22-21(25)23(31)30(3)24(32)28-22)14-18-10-6-9-17-8-4-5-11-19(17)18/h4-6,8-11,16,20H,7,12-15H2,1-3H3,(H,28,32). The summed E-state index contributed by atoms with van der Waals surface area (Å²) in [5.74, 6) is 1.11. The second-order valence-corrected chi connectivity index (χ2v) is 11.7. The van der Waals surface area contributed by atoms with E-state index in [0.717, 1.165) is 25.0 Å². The van der Waals surface area contributed by atoms with Gasteiger partial charge in [0.05, 0.1) is 15.3 Å². The molecule has 1 aromatic heterocycles. The van der Waals surface area contributed by atoms with Gasteiger partial charge in [-0.05, 0) is 52.8 Å². The SMILES string of the molecule is CC(C)CC1(SCCCN=[N+]=[N-])c2c([nH]c(=O)n(C)c2=O)SC1Cc1cccc2ccccc12. The Labute approximate surface area is 207 Å². The van der Waals surface area contributed by atoms with Crippen molar-refractivity contribution in [3.8, 4) is 0 Å². The van der Waals surface area contributed by atoms with E-state index in [-0.39, 0.29) is 16.5 Å². The summed E-state index contributed by atoms with van der Waals surface area (Å²) in [5, 5.41) is 6.86. The molecule has 1 aliphatic heterocycles. The quantitative estimate of drug-likeness (QED) is 0.137. The molecule has 0 spiro atoms. The number of rotatable bonds is 9. The van der Waals surface area contributed by atoms with Crippen LogP contribution in [0.15, 0.2) is 62.2 Å². The molecule has 2 unspecified atom stereocenters. The van der Waals surface area contributed by atoms with Crippen LogP contribution in [0.25, 0.3) is 21.2 Å². The Hall–Kier alpha value is -2.61. The van der Waals surface area contributed by atoms with Crippen molar-refractivity contribution in [2.24, 2.45) is 18.1 Å². The number of nitrogens with one attached hydrogen (secondary N) is 1. The lowest BCUT2D eigenvalue weighted by Crippen LogP contribution is -2.43. The fourth-order valence-corrected chi connectivity index (χ4v) is 8.43. The number of benzene rings is 2. The van der Waals surface area contributed by atoms with Gasteiger partial charge in [-0.15, -0.1) is 23.5 Å². The summed E-state index contributed by atoms with van der Waals surface area (Å²) in [7, 11) is 1.54. The zero-order valence-corrected chi connectivity index (χ0v) is 21.3. The van der Waals surface area contributed by atoms with E-state index in [9.17, 15) is 9.59 Å². The highest BCUT2D eigenvalue weighted by Gasteiger charge is 2.51. The first-order valence-electron chi connectivity index (χ1n) is 11.5. The Bertz CT molecular complexity index is 1350. The number of aromatic nitrogens is 2. The summed E-state index contributed by atoms with van der Waals surface area (Å²) >= 11 is 3.40. The first kappa shape index (κ1) is 24.5. The van der Waals surface area contributed by atoms with E-state index >= 15 is 0 Å². The van der Waals surface area contributed by atoms with Gasteiger partial charge < -0.3 is 4.98 Å². The predicted molar refractivity (Wildman–Crippen MR) is 142 cm³/mol. The van der Waals surface area contributed by atoms with Crippen molar-refractivity contribution < 1.29 is 0 Å². The van der Waals surface area contributed by atoms with Crippen LogP contribution in [-0.2, 0) is 18.2 Å². The molecule has 0 aliphatic carbocycles. The molecule has 3 aromatic rings. The molecule has 0 fully saturated rings. The zero-order valence-electron chi connectivity index (χ0n) is 19.7. The minimum absolute atomic E-state index is 0.0749. The van der Waals surface area contributed by atoms with Gasteiger partial charge in [-0.2, -0.15) is 0 Å². The summed E-state index contributed by atoms with van der Waals surface area (Å²) in [4.78, 5) is 31.8. The smallest absolute Gasteiger partial charge is 0.301 e. The highest BCUT2D eigenvalue weighted by atomic mass is 32.2. The van der Waals surface area contributed by atoms with E-state index in [4.69, 9.17) is 5.53 Å². The fourth-order valence-electron chi connectivity index (χ4n) is 4.84. The van der Waals surface area contributed by atoms with Crippen molar-refractivity contribution in [3.63, 3.8) is 0 Å². The molecule has 34 heavy (non-hydrogen) atoms. The van der Waals surface area contributed by atoms with Crippen molar-refractivity contribution in [1.82, 2.24) is 9.55 Å². The van der Waals surface area contributed by atoms with Gasteiger partial charge in [0.25, 0.3) is 5.56 Å². The molecule has 2 aromatic carbocycles. The zero-order chi connectivity index (χ0) is 24.3. The minimum Gasteiger partial charge on any atom is -0.301 e. The first-order chi connectivity index (χ1) is 16.4. The largest absolute Gasteiger partial charge is 0.328 e. The molecule has 2 heterocycles. The number of H-pyrrole nitrogens is 1. The average Bonchev–Trinajstić information content (AvgIpc) is 3.09. The lowest BCUT2D eigenvalue weighted by atomic mass is 9.85. The van der Waals surface area contributed by atoms with Gasteiger partial charge in [0, 0.05) is 23.8 Å². The number of hydrogen-bond donors (Lipinski definition) is 1. The van der Waals surface area contributed by atoms with Crippen LogP contribution < -0.4 is 11.2 Å².